The van der Waals surface area contributed by atoms with Crippen LogP contribution in [0.4, 0.5) is 5.69 Å². The van der Waals surface area contributed by atoms with Crippen molar-refractivity contribution >= 4 is 28.5 Å². The molecule has 1 N–H and O–H groups in total. The van der Waals surface area contributed by atoms with Gasteiger partial charge >= 0.3 is 5.97 Å². The molecule has 0 atom stereocenters. The lowest BCUT2D eigenvalue weighted by Gasteiger charge is -2.10. The highest BCUT2D eigenvalue weighted by Gasteiger charge is 2.14. The van der Waals surface area contributed by atoms with E-state index in [-0.39, 0.29) is 13.0 Å². The number of rotatable bonds is 7. The first-order chi connectivity index (χ1) is 13.1. The van der Waals surface area contributed by atoms with Crippen LogP contribution in [0.3, 0.4) is 0 Å². The minimum absolute atomic E-state index is 0.00126. The minimum Gasteiger partial charge on any atom is -0.497 e. The summed E-state index contributed by atoms with van der Waals surface area (Å²) < 4.78 is 20.8. The summed E-state index contributed by atoms with van der Waals surface area (Å²) in [5.41, 5.74) is 1.81. The predicted octanol–water partition coefficient (Wildman–Crippen LogP) is 3.17. The van der Waals surface area contributed by atoms with Crippen LogP contribution in [0.15, 0.2) is 53.1 Å². The third kappa shape index (κ3) is 4.38. The first-order valence-corrected chi connectivity index (χ1v) is 8.23. The lowest BCUT2D eigenvalue weighted by Crippen LogP contribution is -2.21. The first-order valence-electron chi connectivity index (χ1n) is 8.23. The number of amides is 1. The van der Waals surface area contributed by atoms with Gasteiger partial charge in [-0.05, 0) is 24.3 Å². The molecule has 0 unspecified atom stereocenters. The smallest absolute Gasteiger partial charge is 0.310 e. The van der Waals surface area contributed by atoms with Crippen molar-refractivity contribution in [3.05, 3.63) is 54.3 Å². The Balaban J connectivity index is 1.56. The quantitative estimate of drug-likeness (QED) is 0.644. The molecule has 1 amide bonds. The summed E-state index contributed by atoms with van der Waals surface area (Å²) >= 11 is 0. The van der Waals surface area contributed by atoms with Gasteiger partial charge in [0.15, 0.2) is 6.61 Å². The highest BCUT2D eigenvalue weighted by molar-refractivity contribution is 5.94. The van der Waals surface area contributed by atoms with Crippen LogP contribution in [0.1, 0.15) is 5.56 Å². The van der Waals surface area contributed by atoms with Gasteiger partial charge in [-0.2, -0.15) is 0 Å². The number of carbonyl (C=O) groups excluding carboxylic acids is 2. The summed E-state index contributed by atoms with van der Waals surface area (Å²) in [6.07, 6.45) is 1.50. The molecule has 27 heavy (non-hydrogen) atoms. The van der Waals surface area contributed by atoms with Crippen LogP contribution in [0.5, 0.6) is 11.5 Å². The Bertz CT molecular complexity index is 962. The van der Waals surface area contributed by atoms with Gasteiger partial charge in [0.05, 0.1) is 32.6 Å². The summed E-state index contributed by atoms with van der Waals surface area (Å²) in [5, 5.41) is 3.44. The number of methoxy groups -OCH3 is 2. The van der Waals surface area contributed by atoms with E-state index in [0.717, 1.165) is 5.39 Å². The largest absolute Gasteiger partial charge is 0.497 e. The molecule has 0 aliphatic rings. The van der Waals surface area contributed by atoms with E-state index < -0.39 is 11.9 Å². The average Bonchev–Trinajstić information content (AvgIpc) is 3.08. The van der Waals surface area contributed by atoms with Crippen molar-refractivity contribution in [1.82, 2.24) is 0 Å². The van der Waals surface area contributed by atoms with E-state index in [0.29, 0.717) is 28.3 Å². The Labute approximate surface area is 155 Å². The second-order valence-corrected chi connectivity index (χ2v) is 5.71. The first kappa shape index (κ1) is 18.3. The number of nitrogens with one attached hydrogen (secondary N) is 1. The molecule has 0 aliphatic heterocycles. The topological polar surface area (TPSA) is 87.0 Å². The van der Waals surface area contributed by atoms with E-state index in [1.165, 1.54) is 13.4 Å². The van der Waals surface area contributed by atoms with Crippen molar-refractivity contribution in [2.24, 2.45) is 0 Å². The number of para-hydroxylation sites is 2. The molecule has 3 aromatic rings. The van der Waals surface area contributed by atoms with E-state index in [2.05, 4.69) is 5.32 Å². The molecule has 0 bridgehead atoms. The number of furan rings is 1. The fourth-order valence-electron chi connectivity index (χ4n) is 2.61. The maximum absolute atomic E-state index is 12.1. The molecule has 3 rings (SSSR count). The Morgan fingerprint density at radius 3 is 2.67 bits per heavy atom. The molecular formula is C20H19NO6. The Morgan fingerprint density at radius 2 is 1.89 bits per heavy atom. The van der Waals surface area contributed by atoms with Crippen molar-refractivity contribution in [2.45, 2.75) is 6.42 Å². The summed E-state index contributed by atoms with van der Waals surface area (Å²) in [6.45, 7) is -0.388. The number of ether oxygens (including phenoxy) is 3. The zero-order valence-electron chi connectivity index (χ0n) is 15.0. The molecule has 0 spiro atoms. The summed E-state index contributed by atoms with van der Waals surface area (Å²) in [6, 6.07) is 12.3. The maximum Gasteiger partial charge on any atom is 0.310 e. The molecule has 1 heterocycles. The number of anilines is 1. The molecule has 0 saturated carbocycles. The number of fused-ring (bicyclic) bond motifs is 1. The highest BCUT2D eigenvalue weighted by Crippen LogP contribution is 2.26. The van der Waals surface area contributed by atoms with Crippen LogP contribution in [-0.2, 0) is 20.7 Å². The molecule has 140 valence electrons. The second kappa shape index (κ2) is 8.27. The second-order valence-electron chi connectivity index (χ2n) is 5.71. The summed E-state index contributed by atoms with van der Waals surface area (Å²) in [7, 11) is 3.08. The van der Waals surface area contributed by atoms with Crippen LogP contribution in [0.25, 0.3) is 11.0 Å². The maximum atomic E-state index is 12.1. The molecule has 0 saturated heterocycles. The van der Waals surface area contributed by atoms with Crippen molar-refractivity contribution in [3.63, 3.8) is 0 Å². The van der Waals surface area contributed by atoms with Gasteiger partial charge < -0.3 is 23.9 Å². The fourth-order valence-corrected chi connectivity index (χ4v) is 2.61. The fraction of sp³-hybridized carbons (Fsp3) is 0.200. The molecule has 0 aliphatic carbocycles. The molecule has 0 radical (unpaired) electrons. The van der Waals surface area contributed by atoms with E-state index in [9.17, 15) is 9.59 Å². The Hall–Kier alpha value is -3.48. The van der Waals surface area contributed by atoms with Crippen LogP contribution in [-0.4, -0.2) is 32.7 Å². The van der Waals surface area contributed by atoms with Crippen LogP contribution >= 0.6 is 0 Å². The number of hydrogen-bond acceptors (Lipinski definition) is 6. The van der Waals surface area contributed by atoms with Crippen LogP contribution in [0.2, 0.25) is 0 Å². The van der Waals surface area contributed by atoms with Gasteiger partial charge in [0.2, 0.25) is 0 Å². The number of carbonyl (C=O) groups is 2. The lowest BCUT2D eigenvalue weighted by atomic mass is 10.1. The summed E-state index contributed by atoms with van der Waals surface area (Å²) in [4.78, 5) is 24.1. The van der Waals surface area contributed by atoms with E-state index in [1.807, 2.05) is 6.07 Å². The van der Waals surface area contributed by atoms with E-state index in [4.69, 9.17) is 18.6 Å². The third-order valence-electron chi connectivity index (χ3n) is 3.94. The zero-order chi connectivity index (χ0) is 19.2. The summed E-state index contributed by atoms with van der Waals surface area (Å²) in [5.74, 6) is 0.217. The molecular weight excluding hydrogens is 350 g/mol. The van der Waals surface area contributed by atoms with E-state index >= 15 is 0 Å². The molecule has 7 heteroatoms. The molecule has 2 aromatic carbocycles. The number of benzene rings is 2. The van der Waals surface area contributed by atoms with Gasteiger partial charge in [-0.15, -0.1) is 0 Å². The van der Waals surface area contributed by atoms with Gasteiger partial charge in [0, 0.05) is 17.0 Å². The van der Waals surface area contributed by atoms with Gasteiger partial charge in [0.25, 0.3) is 5.91 Å². The Morgan fingerprint density at radius 1 is 1.07 bits per heavy atom. The predicted molar refractivity (Wildman–Crippen MR) is 99.1 cm³/mol. The monoisotopic (exact) mass is 369 g/mol. The SMILES string of the molecule is COc1ccc2c(CC(=O)OCC(=O)Nc3ccccc3OC)coc2c1. The lowest BCUT2D eigenvalue weighted by molar-refractivity contribution is -0.146. The van der Waals surface area contributed by atoms with Gasteiger partial charge in [-0.1, -0.05) is 12.1 Å². The Kier molecular flexibility index (Phi) is 5.61. The van der Waals surface area contributed by atoms with Crippen molar-refractivity contribution in [1.29, 1.82) is 0 Å². The van der Waals surface area contributed by atoms with Gasteiger partial charge in [-0.3, -0.25) is 9.59 Å². The number of hydrogen-bond donors (Lipinski definition) is 1. The molecule has 0 fully saturated rings. The van der Waals surface area contributed by atoms with Crippen molar-refractivity contribution in [3.8, 4) is 11.5 Å². The highest BCUT2D eigenvalue weighted by atomic mass is 16.5. The minimum atomic E-state index is -0.524. The van der Waals surface area contributed by atoms with E-state index in [1.54, 1.807) is 43.5 Å². The molecule has 7 nitrogen and oxygen atoms in total. The third-order valence-corrected chi connectivity index (χ3v) is 3.94. The molecule has 1 aromatic heterocycles. The van der Waals surface area contributed by atoms with Crippen molar-refractivity contribution < 1.29 is 28.2 Å². The van der Waals surface area contributed by atoms with Gasteiger partial charge in [0.1, 0.15) is 17.1 Å². The van der Waals surface area contributed by atoms with Crippen LogP contribution < -0.4 is 14.8 Å². The standard InChI is InChI=1S/C20H19NO6/c1-24-14-7-8-15-13(11-26-18(15)10-14)9-20(23)27-12-19(22)21-16-5-3-4-6-17(16)25-2/h3-8,10-11H,9,12H2,1-2H3,(H,21,22). The van der Waals surface area contributed by atoms with Gasteiger partial charge in [-0.25, -0.2) is 0 Å². The number of esters is 1. The van der Waals surface area contributed by atoms with Crippen LogP contribution in [0, 0.1) is 0 Å². The van der Waals surface area contributed by atoms with Crippen molar-refractivity contribution in [2.75, 3.05) is 26.1 Å². The average molecular weight is 369 g/mol. The normalized spacial score (nSPS) is 10.4. The zero-order valence-corrected chi connectivity index (χ0v) is 15.0.